The van der Waals surface area contributed by atoms with E-state index in [1.165, 1.54) is 25.7 Å². The summed E-state index contributed by atoms with van der Waals surface area (Å²) < 4.78 is 0. The van der Waals surface area contributed by atoms with Crippen molar-refractivity contribution in [3.8, 4) is 0 Å². The van der Waals surface area contributed by atoms with E-state index in [-0.39, 0.29) is 0 Å². The molecular formula is C13H26. The summed E-state index contributed by atoms with van der Waals surface area (Å²) in [6.45, 7) is 12.0. The van der Waals surface area contributed by atoms with Gasteiger partial charge in [-0.05, 0) is 29.6 Å². The van der Waals surface area contributed by atoms with Gasteiger partial charge in [-0.1, -0.05) is 53.9 Å². The van der Waals surface area contributed by atoms with Gasteiger partial charge in [0, 0.05) is 0 Å². The van der Waals surface area contributed by atoms with E-state index in [2.05, 4.69) is 34.6 Å². The molecule has 1 rings (SSSR count). The highest BCUT2D eigenvalue weighted by Gasteiger charge is 2.49. The molecule has 0 nitrogen and oxygen atoms in total. The Bertz CT molecular complexity index is 161. The molecule has 0 aromatic heterocycles. The molecule has 4 atom stereocenters. The summed E-state index contributed by atoms with van der Waals surface area (Å²) in [5, 5.41) is 0. The lowest BCUT2D eigenvalue weighted by molar-refractivity contribution is -0.0635. The Labute approximate surface area is 84.1 Å². The third kappa shape index (κ3) is 1.78. The molecule has 0 saturated heterocycles. The van der Waals surface area contributed by atoms with Gasteiger partial charge in [-0.15, -0.1) is 0 Å². The Morgan fingerprint density at radius 3 is 2.38 bits per heavy atom. The van der Waals surface area contributed by atoms with Crippen molar-refractivity contribution in [2.45, 2.75) is 60.3 Å². The third-order valence-corrected chi connectivity index (χ3v) is 4.77. The van der Waals surface area contributed by atoms with Crippen molar-refractivity contribution >= 4 is 0 Å². The molecule has 0 spiro atoms. The van der Waals surface area contributed by atoms with Crippen molar-refractivity contribution in [1.82, 2.24) is 0 Å². The minimum Gasteiger partial charge on any atom is -0.0654 e. The van der Waals surface area contributed by atoms with E-state index in [0.29, 0.717) is 5.41 Å². The molecule has 0 amide bonds. The van der Waals surface area contributed by atoms with Crippen LogP contribution in [-0.2, 0) is 0 Å². The van der Waals surface area contributed by atoms with Crippen molar-refractivity contribution in [3.63, 3.8) is 0 Å². The summed E-state index contributed by atoms with van der Waals surface area (Å²) in [7, 11) is 0. The zero-order valence-corrected chi connectivity index (χ0v) is 10.1. The highest BCUT2D eigenvalue weighted by molar-refractivity contribution is 4.98. The Hall–Kier alpha value is 0. The number of hydrogen-bond acceptors (Lipinski definition) is 0. The van der Waals surface area contributed by atoms with E-state index in [1.807, 2.05) is 0 Å². The van der Waals surface area contributed by atoms with Gasteiger partial charge < -0.3 is 0 Å². The fourth-order valence-electron chi connectivity index (χ4n) is 3.27. The van der Waals surface area contributed by atoms with E-state index in [4.69, 9.17) is 0 Å². The predicted molar refractivity (Wildman–Crippen MR) is 59.7 cm³/mol. The minimum atomic E-state index is 0.661. The van der Waals surface area contributed by atoms with Gasteiger partial charge in [-0.2, -0.15) is 0 Å². The predicted octanol–water partition coefficient (Wildman–Crippen LogP) is 4.49. The monoisotopic (exact) mass is 182 g/mol. The maximum absolute atomic E-state index is 2.50. The molecule has 1 aliphatic rings. The molecule has 0 radical (unpaired) electrons. The van der Waals surface area contributed by atoms with Crippen LogP contribution < -0.4 is 0 Å². The standard InChI is InChI=1S/C13H26/c1-6-8-10(3)12-9-11(4)13(12,5)7-2/h10-12H,6-9H2,1-5H3. The normalized spacial score (nSPS) is 41.3. The van der Waals surface area contributed by atoms with Gasteiger partial charge in [0.05, 0.1) is 0 Å². The molecule has 0 heterocycles. The van der Waals surface area contributed by atoms with Crippen molar-refractivity contribution in [2.75, 3.05) is 0 Å². The van der Waals surface area contributed by atoms with Crippen LogP contribution in [0.2, 0.25) is 0 Å². The van der Waals surface area contributed by atoms with Crippen LogP contribution in [-0.4, -0.2) is 0 Å². The highest BCUT2D eigenvalue weighted by atomic mass is 14.5. The second-order valence-electron chi connectivity index (χ2n) is 5.37. The van der Waals surface area contributed by atoms with Gasteiger partial charge in [0.15, 0.2) is 0 Å². The molecule has 0 N–H and O–H groups in total. The van der Waals surface area contributed by atoms with Crippen LogP contribution in [0.1, 0.15) is 60.3 Å². The molecule has 0 aliphatic heterocycles. The highest BCUT2D eigenvalue weighted by Crippen LogP contribution is 2.57. The second-order valence-corrected chi connectivity index (χ2v) is 5.37. The molecule has 13 heavy (non-hydrogen) atoms. The second kappa shape index (κ2) is 4.02. The molecule has 0 heteroatoms. The first-order valence-electron chi connectivity index (χ1n) is 6.06. The van der Waals surface area contributed by atoms with Gasteiger partial charge in [-0.25, -0.2) is 0 Å². The fourth-order valence-corrected chi connectivity index (χ4v) is 3.27. The Balaban J connectivity index is 2.53. The summed E-state index contributed by atoms with van der Waals surface area (Å²) in [5.41, 5.74) is 0.661. The van der Waals surface area contributed by atoms with Gasteiger partial charge in [0.25, 0.3) is 0 Å². The van der Waals surface area contributed by atoms with Gasteiger partial charge in [0.2, 0.25) is 0 Å². The third-order valence-electron chi connectivity index (χ3n) is 4.77. The maximum Gasteiger partial charge on any atom is -0.0272 e. The Kier molecular flexibility index (Phi) is 3.43. The first-order chi connectivity index (χ1) is 6.06. The van der Waals surface area contributed by atoms with Crippen molar-refractivity contribution in [2.24, 2.45) is 23.2 Å². The van der Waals surface area contributed by atoms with E-state index in [9.17, 15) is 0 Å². The first kappa shape index (κ1) is 11.1. The largest absolute Gasteiger partial charge is 0.0654 e. The van der Waals surface area contributed by atoms with Crippen LogP contribution in [0, 0.1) is 23.2 Å². The molecule has 0 aromatic rings. The molecule has 0 bridgehead atoms. The maximum atomic E-state index is 2.50. The Morgan fingerprint density at radius 2 is 2.00 bits per heavy atom. The number of rotatable bonds is 4. The van der Waals surface area contributed by atoms with Gasteiger partial charge >= 0.3 is 0 Å². The van der Waals surface area contributed by atoms with E-state index < -0.39 is 0 Å². The minimum absolute atomic E-state index is 0.661. The van der Waals surface area contributed by atoms with E-state index in [0.717, 1.165) is 17.8 Å². The summed E-state index contributed by atoms with van der Waals surface area (Å²) in [6.07, 6.45) is 5.62. The zero-order chi connectivity index (χ0) is 10.1. The molecule has 78 valence electrons. The van der Waals surface area contributed by atoms with Crippen LogP contribution in [0.5, 0.6) is 0 Å². The molecule has 1 aliphatic carbocycles. The number of hydrogen-bond donors (Lipinski definition) is 0. The van der Waals surface area contributed by atoms with E-state index in [1.54, 1.807) is 0 Å². The molecule has 0 aromatic carbocycles. The lowest BCUT2D eigenvalue weighted by Crippen LogP contribution is -2.48. The fraction of sp³-hybridized carbons (Fsp3) is 1.00. The lowest BCUT2D eigenvalue weighted by atomic mass is 9.49. The summed E-state index contributed by atoms with van der Waals surface area (Å²) in [5.74, 6) is 2.92. The quantitative estimate of drug-likeness (QED) is 0.600. The average molecular weight is 182 g/mol. The average Bonchev–Trinajstić information content (AvgIpc) is 2.12. The van der Waals surface area contributed by atoms with Crippen LogP contribution in [0.3, 0.4) is 0 Å². The van der Waals surface area contributed by atoms with Crippen LogP contribution in [0.4, 0.5) is 0 Å². The van der Waals surface area contributed by atoms with Crippen molar-refractivity contribution < 1.29 is 0 Å². The molecular weight excluding hydrogens is 156 g/mol. The summed E-state index contributed by atoms with van der Waals surface area (Å²) in [6, 6.07) is 0. The smallest absolute Gasteiger partial charge is 0.0272 e. The molecule has 4 unspecified atom stereocenters. The summed E-state index contributed by atoms with van der Waals surface area (Å²) >= 11 is 0. The Morgan fingerprint density at radius 1 is 1.38 bits per heavy atom. The van der Waals surface area contributed by atoms with E-state index >= 15 is 0 Å². The summed E-state index contributed by atoms with van der Waals surface area (Å²) in [4.78, 5) is 0. The van der Waals surface area contributed by atoms with Crippen LogP contribution in [0.15, 0.2) is 0 Å². The van der Waals surface area contributed by atoms with Crippen LogP contribution in [0.25, 0.3) is 0 Å². The topological polar surface area (TPSA) is 0 Å². The van der Waals surface area contributed by atoms with Crippen LogP contribution >= 0.6 is 0 Å². The first-order valence-corrected chi connectivity index (χ1v) is 6.06. The lowest BCUT2D eigenvalue weighted by Gasteiger charge is -2.55. The SMILES string of the molecule is CCCC(C)C1CC(C)C1(C)CC. The molecule has 1 fully saturated rings. The van der Waals surface area contributed by atoms with Gasteiger partial charge in [0.1, 0.15) is 0 Å². The van der Waals surface area contributed by atoms with Crippen molar-refractivity contribution in [3.05, 3.63) is 0 Å². The van der Waals surface area contributed by atoms with Gasteiger partial charge in [-0.3, -0.25) is 0 Å². The van der Waals surface area contributed by atoms with Crippen molar-refractivity contribution in [1.29, 1.82) is 0 Å². The zero-order valence-electron chi connectivity index (χ0n) is 10.1. The molecule has 1 saturated carbocycles.